The molecular weight excluding hydrogens is 391 g/mol. The Balaban J connectivity index is 1.21. The van der Waals surface area contributed by atoms with Crippen LogP contribution < -0.4 is 5.32 Å². The van der Waals surface area contributed by atoms with Crippen molar-refractivity contribution in [3.8, 4) is 0 Å². The molecule has 0 saturated heterocycles. The minimum atomic E-state index is -4.36. The molecule has 1 aromatic heterocycles. The maximum atomic E-state index is 12.9. The van der Waals surface area contributed by atoms with Gasteiger partial charge in [0, 0.05) is 12.6 Å². The van der Waals surface area contributed by atoms with Gasteiger partial charge in [-0.3, -0.25) is 9.48 Å². The van der Waals surface area contributed by atoms with Gasteiger partial charge in [-0.25, -0.2) is 0 Å². The summed E-state index contributed by atoms with van der Waals surface area (Å²) >= 11 is 0. The predicted octanol–water partition coefficient (Wildman–Crippen LogP) is 5.50. The van der Waals surface area contributed by atoms with Crippen LogP contribution >= 0.6 is 0 Å². The zero-order valence-corrected chi connectivity index (χ0v) is 16.8. The van der Waals surface area contributed by atoms with Crippen LogP contribution in [0.3, 0.4) is 0 Å². The van der Waals surface area contributed by atoms with E-state index in [9.17, 15) is 18.0 Å². The molecule has 160 valence electrons. The molecule has 4 aliphatic carbocycles. The lowest BCUT2D eigenvalue weighted by atomic mass is 9.49. The van der Waals surface area contributed by atoms with Gasteiger partial charge in [0.25, 0.3) is 0 Å². The number of hydrogen-bond acceptors (Lipinski definition) is 2. The average molecular weight is 417 g/mol. The first-order valence-corrected chi connectivity index (χ1v) is 10.7. The van der Waals surface area contributed by atoms with Crippen LogP contribution in [0.15, 0.2) is 36.7 Å². The lowest BCUT2D eigenvalue weighted by Gasteiger charge is -2.56. The molecule has 1 aromatic carbocycles. The van der Waals surface area contributed by atoms with Gasteiger partial charge < -0.3 is 5.32 Å². The Kier molecular flexibility index (Phi) is 4.67. The summed E-state index contributed by atoms with van der Waals surface area (Å²) in [5.41, 5.74) is 0.611. The van der Waals surface area contributed by atoms with E-state index in [1.54, 1.807) is 23.1 Å². The van der Waals surface area contributed by atoms with Crippen molar-refractivity contribution < 1.29 is 18.0 Å². The third kappa shape index (κ3) is 3.98. The second-order valence-electron chi connectivity index (χ2n) is 9.77. The van der Waals surface area contributed by atoms with Gasteiger partial charge in [0.15, 0.2) is 0 Å². The molecule has 2 aromatic rings. The Hall–Kier alpha value is -2.31. The highest BCUT2D eigenvalue weighted by atomic mass is 19.4. The minimum Gasteiger partial charge on any atom is -0.323 e. The van der Waals surface area contributed by atoms with Crippen LogP contribution in [-0.2, 0) is 17.5 Å². The summed E-state index contributed by atoms with van der Waals surface area (Å²) in [6.45, 7) is 0.217. The van der Waals surface area contributed by atoms with Gasteiger partial charge in [0.2, 0.25) is 5.91 Å². The van der Waals surface area contributed by atoms with E-state index >= 15 is 0 Å². The van der Waals surface area contributed by atoms with E-state index in [0.29, 0.717) is 17.7 Å². The van der Waals surface area contributed by atoms with Gasteiger partial charge in [0.1, 0.15) is 0 Å². The van der Waals surface area contributed by atoms with E-state index in [4.69, 9.17) is 0 Å². The number of alkyl halides is 3. The molecule has 1 amide bonds. The van der Waals surface area contributed by atoms with Crippen molar-refractivity contribution in [2.45, 2.75) is 57.7 Å². The monoisotopic (exact) mass is 417 g/mol. The van der Waals surface area contributed by atoms with Gasteiger partial charge in [-0.2, -0.15) is 18.3 Å². The number of benzene rings is 1. The number of rotatable bonds is 5. The zero-order chi connectivity index (χ0) is 20.9. The highest BCUT2D eigenvalue weighted by Gasteiger charge is 2.51. The molecule has 0 spiro atoms. The summed E-state index contributed by atoms with van der Waals surface area (Å²) in [5, 5.41) is 7.16. The summed E-state index contributed by atoms with van der Waals surface area (Å²) in [4.78, 5) is 12.7. The number of carbonyl (C=O) groups excluding carboxylic acids is 1. The SMILES string of the molecule is O=C(CC12CC3CC(CC(C3)C1)C2)Nc1cnn(Cc2cccc(C(F)(F)F)c2)c1. The Bertz CT molecular complexity index is 914. The molecule has 1 heterocycles. The number of amides is 1. The molecule has 30 heavy (non-hydrogen) atoms. The number of nitrogens with zero attached hydrogens (tertiary/aromatic N) is 2. The largest absolute Gasteiger partial charge is 0.416 e. The first-order chi connectivity index (χ1) is 14.3. The van der Waals surface area contributed by atoms with Gasteiger partial charge in [-0.15, -0.1) is 0 Å². The standard InChI is InChI=1S/C23H26F3N3O/c24-23(25,26)19-3-1-2-15(7-19)13-29-14-20(12-27-29)28-21(30)11-22-8-16-4-17(9-22)6-18(5-16)10-22/h1-3,7,12,14,16-18H,4-6,8-11,13H2,(H,28,30). The smallest absolute Gasteiger partial charge is 0.323 e. The van der Waals surface area contributed by atoms with Gasteiger partial charge in [-0.1, -0.05) is 12.1 Å². The fraction of sp³-hybridized carbons (Fsp3) is 0.565. The van der Waals surface area contributed by atoms with Crippen LogP contribution in [0, 0.1) is 23.2 Å². The molecule has 4 nitrogen and oxygen atoms in total. The normalized spacial score (nSPS) is 29.9. The van der Waals surface area contributed by atoms with Crippen molar-refractivity contribution in [1.82, 2.24) is 9.78 Å². The molecule has 0 aliphatic heterocycles. The number of nitrogens with one attached hydrogen (secondary N) is 1. The van der Waals surface area contributed by atoms with E-state index in [2.05, 4.69) is 10.4 Å². The van der Waals surface area contributed by atoms with Crippen LogP contribution in [0.2, 0.25) is 0 Å². The van der Waals surface area contributed by atoms with Gasteiger partial charge >= 0.3 is 6.18 Å². The quantitative estimate of drug-likeness (QED) is 0.699. The summed E-state index contributed by atoms with van der Waals surface area (Å²) in [6.07, 6.45) is 7.04. The van der Waals surface area contributed by atoms with Crippen LogP contribution in [0.4, 0.5) is 18.9 Å². The number of carbonyl (C=O) groups is 1. The highest BCUT2D eigenvalue weighted by Crippen LogP contribution is 2.61. The topological polar surface area (TPSA) is 46.9 Å². The molecule has 4 aliphatic rings. The van der Waals surface area contributed by atoms with E-state index < -0.39 is 11.7 Å². The maximum absolute atomic E-state index is 12.9. The summed E-state index contributed by atoms with van der Waals surface area (Å²) in [7, 11) is 0. The van der Waals surface area contributed by atoms with Crippen molar-refractivity contribution in [3.63, 3.8) is 0 Å². The van der Waals surface area contributed by atoms with Crippen molar-refractivity contribution in [2.24, 2.45) is 23.2 Å². The Morgan fingerprint density at radius 1 is 1.13 bits per heavy atom. The van der Waals surface area contributed by atoms with Crippen molar-refractivity contribution in [3.05, 3.63) is 47.8 Å². The zero-order valence-electron chi connectivity index (χ0n) is 16.8. The fourth-order valence-corrected chi connectivity index (χ4v) is 6.60. The molecule has 4 bridgehead atoms. The van der Waals surface area contributed by atoms with Crippen LogP contribution in [0.25, 0.3) is 0 Å². The lowest BCUT2D eigenvalue weighted by Crippen LogP contribution is -2.47. The fourth-order valence-electron chi connectivity index (χ4n) is 6.60. The summed E-state index contributed by atoms with van der Waals surface area (Å²) in [5.74, 6) is 2.44. The molecular formula is C23H26F3N3O. The van der Waals surface area contributed by atoms with E-state index in [-0.39, 0.29) is 17.9 Å². The second kappa shape index (κ2) is 7.13. The molecule has 4 saturated carbocycles. The number of aromatic nitrogens is 2. The first kappa shape index (κ1) is 19.6. The van der Waals surface area contributed by atoms with Crippen molar-refractivity contribution >= 4 is 11.6 Å². The second-order valence-corrected chi connectivity index (χ2v) is 9.77. The Morgan fingerprint density at radius 3 is 2.43 bits per heavy atom. The predicted molar refractivity (Wildman–Crippen MR) is 107 cm³/mol. The van der Waals surface area contributed by atoms with E-state index in [0.717, 1.165) is 29.9 Å². The number of hydrogen-bond donors (Lipinski definition) is 1. The first-order valence-electron chi connectivity index (χ1n) is 10.7. The van der Waals surface area contributed by atoms with E-state index in [1.807, 2.05) is 0 Å². The van der Waals surface area contributed by atoms with Crippen LogP contribution in [-0.4, -0.2) is 15.7 Å². The third-order valence-electron chi connectivity index (χ3n) is 7.22. The Morgan fingerprint density at radius 2 is 1.80 bits per heavy atom. The minimum absolute atomic E-state index is 0.0237. The van der Waals surface area contributed by atoms with Crippen molar-refractivity contribution in [1.29, 1.82) is 0 Å². The van der Waals surface area contributed by atoms with Crippen LogP contribution in [0.5, 0.6) is 0 Å². The third-order valence-corrected chi connectivity index (χ3v) is 7.22. The maximum Gasteiger partial charge on any atom is 0.416 e. The molecule has 7 heteroatoms. The van der Waals surface area contributed by atoms with Gasteiger partial charge in [0.05, 0.1) is 24.0 Å². The number of halogens is 3. The molecule has 0 atom stereocenters. The van der Waals surface area contributed by atoms with Gasteiger partial charge in [-0.05, 0) is 79.4 Å². The molecule has 6 rings (SSSR count). The molecule has 4 fully saturated rings. The van der Waals surface area contributed by atoms with Crippen LogP contribution in [0.1, 0.15) is 56.1 Å². The Labute approximate surface area is 173 Å². The van der Waals surface area contributed by atoms with E-state index in [1.165, 1.54) is 44.6 Å². The summed E-state index contributed by atoms with van der Waals surface area (Å²) < 4.78 is 40.2. The molecule has 0 radical (unpaired) electrons. The average Bonchev–Trinajstić information content (AvgIpc) is 3.06. The molecule has 1 N–H and O–H groups in total. The number of anilines is 1. The van der Waals surface area contributed by atoms with Crippen molar-refractivity contribution in [2.75, 3.05) is 5.32 Å². The molecule has 0 unspecified atom stereocenters. The summed E-state index contributed by atoms with van der Waals surface area (Å²) in [6, 6.07) is 5.23. The lowest BCUT2D eigenvalue weighted by molar-refractivity contribution is -0.137. The highest BCUT2D eigenvalue weighted by molar-refractivity contribution is 5.90.